The summed E-state index contributed by atoms with van der Waals surface area (Å²) in [6.07, 6.45) is 2.20. The third kappa shape index (κ3) is 2.41. The number of hydrogen-bond donors (Lipinski definition) is 0. The maximum atomic E-state index is 2.31. The van der Waals surface area contributed by atoms with E-state index in [1.165, 1.54) is 27.8 Å². The monoisotopic (exact) mass is 224 g/mol. The maximum Gasteiger partial charge on any atom is -0.0149 e. The van der Waals surface area contributed by atoms with Crippen LogP contribution >= 0.6 is 0 Å². The number of hydrogen-bond acceptors (Lipinski definition) is 0. The highest BCUT2D eigenvalue weighted by Gasteiger charge is 2.06. The van der Waals surface area contributed by atoms with E-state index in [1.807, 2.05) is 0 Å². The van der Waals surface area contributed by atoms with Gasteiger partial charge in [0.1, 0.15) is 0 Å². The minimum Gasteiger partial charge on any atom is -0.0620 e. The average Bonchev–Trinajstić information content (AvgIpc) is 2.38. The Morgan fingerprint density at radius 1 is 0.824 bits per heavy atom. The zero-order valence-corrected chi connectivity index (χ0v) is 11.0. The van der Waals surface area contributed by atoms with Crippen molar-refractivity contribution in [1.29, 1.82) is 0 Å². The van der Waals surface area contributed by atoms with Gasteiger partial charge in [0.25, 0.3) is 0 Å². The van der Waals surface area contributed by atoms with Gasteiger partial charge in [0.2, 0.25) is 0 Å². The fraction of sp³-hybridized carbons (Fsp3) is 0.294. The molecule has 2 aromatic carbocycles. The summed E-state index contributed by atoms with van der Waals surface area (Å²) in [5, 5.41) is 0. The Morgan fingerprint density at radius 2 is 1.59 bits per heavy atom. The molecule has 0 aliphatic heterocycles. The smallest absolute Gasteiger partial charge is 0.0149 e. The molecular formula is C17H20. The molecule has 0 aliphatic rings. The standard InChI is InChI=1S/C17H20/c1-4-14-10-11-16(13(3)12-14)17-9-7-6-8-15(17)5-2/h6-12H,4-5H2,1-3H3. The summed E-state index contributed by atoms with van der Waals surface area (Å²) in [6.45, 7) is 6.63. The first-order valence-electron chi connectivity index (χ1n) is 6.44. The zero-order chi connectivity index (χ0) is 12.3. The highest BCUT2D eigenvalue weighted by atomic mass is 14.1. The van der Waals surface area contributed by atoms with Gasteiger partial charge in [0.15, 0.2) is 0 Å². The average molecular weight is 224 g/mol. The van der Waals surface area contributed by atoms with Crippen molar-refractivity contribution >= 4 is 0 Å². The van der Waals surface area contributed by atoms with E-state index >= 15 is 0 Å². The van der Waals surface area contributed by atoms with Crippen LogP contribution in [-0.2, 0) is 12.8 Å². The van der Waals surface area contributed by atoms with Gasteiger partial charge in [-0.05, 0) is 47.6 Å². The molecule has 2 rings (SSSR count). The van der Waals surface area contributed by atoms with E-state index in [9.17, 15) is 0 Å². The molecule has 0 saturated carbocycles. The van der Waals surface area contributed by atoms with Gasteiger partial charge in [-0.15, -0.1) is 0 Å². The first-order valence-corrected chi connectivity index (χ1v) is 6.44. The van der Waals surface area contributed by atoms with E-state index in [2.05, 4.69) is 63.2 Å². The molecule has 0 fully saturated rings. The topological polar surface area (TPSA) is 0 Å². The van der Waals surface area contributed by atoms with Gasteiger partial charge in [-0.1, -0.05) is 56.3 Å². The van der Waals surface area contributed by atoms with Gasteiger partial charge >= 0.3 is 0 Å². The van der Waals surface area contributed by atoms with E-state index in [0.717, 1.165) is 12.8 Å². The van der Waals surface area contributed by atoms with Crippen LogP contribution in [0.25, 0.3) is 11.1 Å². The van der Waals surface area contributed by atoms with Crippen LogP contribution < -0.4 is 0 Å². The molecule has 17 heavy (non-hydrogen) atoms. The molecule has 88 valence electrons. The van der Waals surface area contributed by atoms with Crippen LogP contribution in [0.15, 0.2) is 42.5 Å². The molecule has 0 saturated heterocycles. The van der Waals surface area contributed by atoms with Crippen LogP contribution in [0.4, 0.5) is 0 Å². The van der Waals surface area contributed by atoms with Crippen LogP contribution in [-0.4, -0.2) is 0 Å². The van der Waals surface area contributed by atoms with Crippen LogP contribution in [0.3, 0.4) is 0 Å². The first-order chi connectivity index (χ1) is 8.26. The van der Waals surface area contributed by atoms with Gasteiger partial charge in [-0.2, -0.15) is 0 Å². The predicted molar refractivity (Wildman–Crippen MR) is 75.4 cm³/mol. The van der Waals surface area contributed by atoms with E-state index in [-0.39, 0.29) is 0 Å². The lowest BCUT2D eigenvalue weighted by Crippen LogP contribution is -1.91. The number of aryl methyl sites for hydroxylation is 3. The molecule has 0 radical (unpaired) electrons. The van der Waals surface area contributed by atoms with Crippen molar-refractivity contribution in [2.75, 3.05) is 0 Å². The van der Waals surface area contributed by atoms with E-state index < -0.39 is 0 Å². The van der Waals surface area contributed by atoms with Crippen LogP contribution in [0, 0.1) is 6.92 Å². The molecule has 0 bridgehead atoms. The highest BCUT2D eigenvalue weighted by molar-refractivity contribution is 5.70. The molecule has 0 heteroatoms. The number of rotatable bonds is 3. The minimum absolute atomic E-state index is 1.09. The van der Waals surface area contributed by atoms with Gasteiger partial charge in [-0.25, -0.2) is 0 Å². The largest absolute Gasteiger partial charge is 0.0620 e. The van der Waals surface area contributed by atoms with Crippen molar-refractivity contribution in [1.82, 2.24) is 0 Å². The SMILES string of the molecule is CCc1ccc(-c2ccccc2CC)c(C)c1. The van der Waals surface area contributed by atoms with Crippen LogP contribution in [0.1, 0.15) is 30.5 Å². The summed E-state index contributed by atoms with van der Waals surface area (Å²) >= 11 is 0. The predicted octanol–water partition coefficient (Wildman–Crippen LogP) is 4.79. The van der Waals surface area contributed by atoms with Gasteiger partial charge in [0, 0.05) is 0 Å². The Labute approximate surface area is 104 Å². The van der Waals surface area contributed by atoms with E-state index in [4.69, 9.17) is 0 Å². The Kier molecular flexibility index (Phi) is 3.63. The summed E-state index contributed by atoms with van der Waals surface area (Å²) in [7, 11) is 0. The van der Waals surface area contributed by atoms with Gasteiger partial charge in [-0.3, -0.25) is 0 Å². The van der Waals surface area contributed by atoms with Crippen LogP contribution in [0.5, 0.6) is 0 Å². The molecule has 2 aromatic rings. The summed E-state index contributed by atoms with van der Waals surface area (Å²) in [5.41, 5.74) is 6.99. The van der Waals surface area contributed by atoms with Crippen molar-refractivity contribution in [2.24, 2.45) is 0 Å². The first kappa shape index (κ1) is 11.9. The second kappa shape index (κ2) is 5.18. The second-order valence-corrected chi connectivity index (χ2v) is 4.51. The molecule has 0 N–H and O–H groups in total. The van der Waals surface area contributed by atoms with Crippen molar-refractivity contribution < 1.29 is 0 Å². The Bertz CT molecular complexity index is 509. The fourth-order valence-electron chi connectivity index (χ4n) is 2.34. The maximum absolute atomic E-state index is 2.31. The minimum atomic E-state index is 1.09. The van der Waals surface area contributed by atoms with Gasteiger partial charge < -0.3 is 0 Å². The molecule has 0 spiro atoms. The third-order valence-corrected chi connectivity index (χ3v) is 3.39. The summed E-state index contributed by atoms with van der Waals surface area (Å²) in [5.74, 6) is 0. The van der Waals surface area contributed by atoms with E-state index in [0.29, 0.717) is 0 Å². The van der Waals surface area contributed by atoms with Crippen molar-refractivity contribution in [3.8, 4) is 11.1 Å². The Balaban J connectivity index is 2.53. The molecule has 0 nitrogen and oxygen atoms in total. The highest BCUT2D eigenvalue weighted by Crippen LogP contribution is 2.27. The van der Waals surface area contributed by atoms with Crippen molar-refractivity contribution in [2.45, 2.75) is 33.6 Å². The van der Waals surface area contributed by atoms with Crippen molar-refractivity contribution in [3.05, 3.63) is 59.2 Å². The summed E-state index contributed by atoms with van der Waals surface area (Å²) in [4.78, 5) is 0. The molecule has 0 amide bonds. The quantitative estimate of drug-likeness (QED) is 0.703. The van der Waals surface area contributed by atoms with Gasteiger partial charge in [0.05, 0.1) is 0 Å². The lowest BCUT2D eigenvalue weighted by molar-refractivity contribution is 1.12. The zero-order valence-electron chi connectivity index (χ0n) is 11.0. The number of benzene rings is 2. The molecule has 0 atom stereocenters. The molecule has 0 heterocycles. The Morgan fingerprint density at radius 3 is 2.24 bits per heavy atom. The molecule has 0 aromatic heterocycles. The molecule has 0 aliphatic carbocycles. The lowest BCUT2D eigenvalue weighted by Gasteiger charge is -2.12. The Hall–Kier alpha value is -1.56. The lowest BCUT2D eigenvalue weighted by atomic mass is 9.93. The summed E-state index contributed by atoms with van der Waals surface area (Å²) < 4.78 is 0. The molecule has 0 unspecified atom stereocenters. The molecular weight excluding hydrogens is 204 g/mol. The van der Waals surface area contributed by atoms with Crippen molar-refractivity contribution in [3.63, 3.8) is 0 Å². The second-order valence-electron chi connectivity index (χ2n) is 4.51. The van der Waals surface area contributed by atoms with Crippen LogP contribution in [0.2, 0.25) is 0 Å². The normalized spacial score (nSPS) is 10.5. The third-order valence-electron chi connectivity index (χ3n) is 3.39. The fourth-order valence-corrected chi connectivity index (χ4v) is 2.34. The summed E-state index contributed by atoms with van der Waals surface area (Å²) in [6, 6.07) is 15.5. The van der Waals surface area contributed by atoms with E-state index in [1.54, 1.807) is 0 Å².